The minimum absolute atomic E-state index is 0.0892. The normalized spacial score (nSPS) is 18.0. The number of aromatic nitrogens is 2. The molecule has 12 heteroatoms. The molecule has 5 rings (SSSR count). The minimum atomic E-state index is -3.81. The number of benzene rings is 1. The maximum absolute atomic E-state index is 13.3. The van der Waals surface area contributed by atoms with E-state index in [-0.39, 0.29) is 28.3 Å². The number of rotatable bonds is 9. The van der Waals surface area contributed by atoms with E-state index in [0.717, 1.165) is 24.7 Å². The van der Waals surface area contributed by atoms with Gasteiger partial charge in [-0.2, -0.15) is 0 Å². The Hall–Kier alpha value is -4.03. The van der Waals surface area contributed by atoms with E-state index in [1.54, 1.807) is 30.2 Å². The van der Waals surface area contributed by atoms with Gasteiger partial charge in [0.15, 0.2) is 15.9 Å². The van der Waals surface area contributed by atoms with Gasteiger partial charge in [0.05, 0.1) is 5.69 Å². The second kappa shape index (κ2) is 13.6. The van der Waals surface area contributed by atoms with Crippen LogP contribution in [0.25, 0.3) is 0 Å². The van der Waals surface area contributed by atoms with E-state index >= 15 is 0 Å². The Morgan fingerprint density at radius 3 is 2.40 bits per heavy atom. The summed E-state index contributed by atoms with van der Waals surface area (Å²) in [7, 11) is -3.81. The van der Waals surface area contributed by atoms with E-state index in [4.69, 9.17) is 14.5 Å². The number of amides is 2. The zero-order chi connectivity index (χ0) is 34.1. The van der Waals surface area contributed by atoms with Crippen molar-refractivity contribution in [3.8, 4) is 5.75 Å². The van der Waals surface area contributed by atoms with Gasteiger partial charge >= 0.3 is 6.09 Å². The van der Waals surface area contributed by atoms with Gasteiger partial charge in [-0.25, -0.2) is 18.2 Å². The molecule has 0 spiro atoms. The van der Waals surface area contributed by atoms with Crippen molar-refractivity contribution in [1.29, 1.82) is 0 Å². The lowest BCUT2D eigenvalue weighted by molar-refractivity contribution is -0.00326. The number of carbonyl (C=O) groups is 2. The van der Waals surface area contributed by atoms with E-state index in [2.05, 4.69) is 21.3 Å². The fourth-order valence-corrected chi connectivity index (χ4v) is 6.52. The number of sulfone groups is 1. The quantitative estimate of drug-likeness (QED) is 0.307. The van der Waals surface area contributed by atoms with E-state index in [1.807, 2.05) is 52.9 Å². The Morgan fingerprint density at radius 1 is 1.06 bits per heavy atom. The second-order valence-electron chi connectivity index (χ2n) is 13.7. The molecule has 1 saturated carbocycles. The summed E-state index contributed by atoms with van der Waals surface area (Å²) < 4.78 is 38.4. The monoisotopic (exact) mass is 663 g/mol. The molecule has 11 nitrogen and oxygen atoms in total. The highest BCUT2D eigenvalue weighted by Gasteiger charge is 2.33. The summed E-state index contributed by atoms with van der Waals surface area (Å²) in [6.07, 6.45) is 5.89. The minimum Gasteiger partial charge on any atom is -0.481 e. The van der Waals surface area contributed by atoms with Gasteiger partial charge in [-0.3, -0.25) is 14.7 Å². The molecule has 252 valence electrons. The van der Waals surface area contributed by atoms with Crippen LogP contribution in [0.2, 0.25) is 0 Å². The fourth-order valence-electron chi connectivity index (χ4n) is 5.71. The van der Waals surface area contributed by atoms with Crippen molar-refractivity contribution >= 4 is 27.7 Å². The first-order valence-electron chi connectivity index (χ1n) is 16.0. The molecule has 47 heavy (non-hydrogen) atoms. The molecule has 2 aliphatic rings. The van der Waals surface area contributed by atoms with Gasteiger partial charge in [0.25, 0.3) is 5.91 Å². The summed E-state index contributed by atoms with van der Waals surface area (Å²) >= 11 is 0. The Morgan fingerprint density at radius 2 is 1.81 bits per heavy atom. The molecule has 1 saturated heterocycles. The Kier molecular flexibility index (Phi) is 9.93. The van der Waals surface area contributed by atoms with Crippen LogP contribution in [-0.4, -0.2) is 84.3 Å². The number of carbonyl (C=O) groups excluding carboxylic acids is 2. The molecule has 0 bridgehead atoms. The zero-order valence-corrected chi connectivity index (χ0v) is 29.1. The van der Waals surface area contributed by atoms with Crippen molar-refractivity contribution in [2.75, 3.05) is 37.8 Å². The molecule has 1 aliphatic heterocycles. The van der Waals surface area contributed by atoms with Gasteiger partial charge in [0.2, 0.25) is 0 Å². The van der Waals surface area contributed by atoms with E-state index in [0.29, 0.717) is 49.2 Å². The summed E-state index contributed by atoms with van der Waals surface area (Å²) in [5.74, 6) is 0.617. The van der Waals surface area contributed by atoms with E-state index < -0.39 is 27.4 Å². The van der Waals surface area contributed by atoms with Crippen LogP contribution < -0.4 is 10.1 Å². The molecule has 0 radical (unpaired) electrons. The predicted octanol–water partition coefficient (Wildman–Crippen LogP) is 5.69. The number of nitrogens with zero attached hydrogens (tertiary/aromatic N) is 4. The molecule has 1 unspecified atom stereocenters. The number of aryl methyl sites for hydroxylation is 2. The number of pyridine rings is 2. The summed E-state index contributed by atoms with van der Waals surface area (Å²) in [6.45, 7) is 13.1. The molecule has 2 fully saturated rings. The Bertz CT molecular complexity index is 1730. The van der Waals surface area contributed by atoms with Crippen molar-refractivity contribution in [3.63, 3.8) is 0 Å². The van der Waals surface area contributed by atoms with Crippen LogP contribution in [0, 0.1) is 13.8 Å². The number of hydrogen-bond acceptors (Lipinski definition) is 9. The van der Waals surface area contributed by atoms with Crippen LogP contribution >= 0.6 is 0 Å². The zero-order valence-electron chi connectivity index (χ0n) is 28.2. The third-order valence-electron chi connectivity index (χ3n) is 8.40. The lowest BCUT2D eigenvalue weighted by Crippen LogP contribution is -2.55. The summed E-state index contributed by atoms with van der Waals surface area (Å²) in [4.78, 5) is 39.0. The Labute approximate surface area is 277 Å². The van der Waals surface area contributed by atoms with Crippen LogP contribution in [0.4, 0.5) is 10.6 Å². The van der Waals surface area contributed by atoms with Crippen LogP contribution in [-0.2, 0) is 14.6 Å². The van der Waals surface area contributed by atoms with Crippen molar-refractivity contribution in [2.45, 2.75) is 82.9 Å². The highest BCUT2D eigenvalue weighted by molar-refractivity contribution is 7.90. The van der Waals surface area contributed by atoms with Crippen molar-refractivity contribution in [1.82, 2.24) is 19.8 Å². The van der Waals surface area contributed by atoms with Gasteiger partial charge < -0.3 is 19.7 Å². The molecular weight excluding hydrogens is 618 g/mol. The van der Waals surface area contributed by atoms with Gasteiger partial charge in [-0.15, -0.1) is 0 Å². The van der Waals surface area contributed by atoms with Crippen LogP contribution in [0.3, 0.4) is 0 Å². The second-order valence-corrected chi connectivity index (χ2v) is 15.7. The molecule has 1 aliphatic carbocycles. The lowest BCUT2D eigenvalue weighted by atomic mass is 10.1. The first kappa shape index (κ1) is 34.3. The van der Waals surface area contributed by atoms with Gasteiger partial charge in [-0.05, 0) is 101 Å². The maximum atomic E-state index is 13.3. The van der Waals surface area contributed by atoms with Crippen molar-refractivity contribution in [2.24, 2.45) is 0 Å². The molecule has 1 N–H and O–H groups in total. The molecular formula is C35H45N5O6S. The van der Waals surface area contributed by atoms with Gasteiger partial charge in [0.1, 0.15) is 22.1 Å². The molecule has 1 aromatic carbocycles. The summed E-state index contributed by atoms with van der Waals surface area (Å²) in [5.41, 5.74) is 2.80. The Balaban J connectivity index is 1.42. The van der Waals surface area contributed by atoms with Crippen LogP contribution in [0.5, 0.6) is 5.75 Å². The SMILES string of the molecule is Cc1cc(OC(CN2CCN(C(=O)OC(C)(C)C)[C@H](C)C2)c2ccc(C3CC3)cn2)c(S(C)(=O)=O)cc1C(=O)Nc1ncccc1C. The number of anilines is 1. The maximum Gasteiger partial charge on any atom is 0.410 e. The topological polar surface area (TPSA) is 131 Å². The highest BCUT2D eigenvalue weighted by atomic mass is 32.2. The summed E-state index contributed by atoms with van der Waals surface area (Å²) in [5, 5.41) is 2.79. The molecule has 2 aromatic heterocycles. The number of hydrogen-bond donors (Lipinski definition) is 1. The standard InChI is InChI=1S/C35H45N5O6S/c1-22-9-8-14-36-32(22)38-33(41)27-18-31(47(7,43)44)29(17-23(27)2)45-30(28-13-12-26(19-37-28)25-10-11-25)21-39-15-16-40(24(3)20-39)34(42)46-35(4,5)6/h8-9,12-14,17-19,24-25,30H,10-11,15-16,20-21H2,1-7H3,(H,36,38,41)/t24-,30?/m1/s1. The van der Waals surface area contributed by atoms with E-state index in [1.165, 1.54) is 11.6 Å². The first-order chi connectivity index (χ1) is 22.1. The average molecular weight is 664 g/mol. The molecule has 3 aromatic rings. The number of piperazine rings is 1. The third kappa shape index (κ3) is 8.66. The summed E-state index contributed by atoms with van der Waals surface area (Å²) in [6, 6.07) is 10.5. The largest absolute Gasteiger partial charge is 0.481 e. The van der Waals surface area contributed by atoms with Gasteiger partial charge in [-0.1, -0.05) is 12.1 Å². The smallest absolute Gasteiger partial charge is 0.410 e. The average Bonchev–Trinajstić information content (AvgIpc) is 3.82. The third-order valence-corrected chi connectivity index (χ3v) is 9.51. The first-order valence-corrected chi connectivity index (χ1v) is 17.9. The van der Waals surface area contributed by atoms with Crippen molar-refractivity contribution < 1.29 is 27.5 Å². The van der Waals surface area contributed by atoms with Crippen LogP contribution in [0.1, 0.15) is 85.3 Å². The molecule has 2 atom stereocenters. The van der Waals surface area contributed by atoms with Crippen LogP contribution in [0.15, 0.2) is 53.7 Å². The number of nitrogens with one attached hydrogen (secondary N) is 1. The highest BCUT2D eigenvalue weighted by Crippen LogP contribution is 2.40. The lowest BCUT2D eigenvalue weighted by Gasteiger charge is -2.41. The number of ether oxygens (including phenoxy) is 2. The molecule has 2 amide bonds. The predicted molar refractivity (Wildman–Crippen MR) is 180 cm³/mol. The fraction of sp³-hybridized carbons (Fsp3) is 0.486. The molecule has 3 heterocycles. The van der Waals surface area contributed by atoms with Gasteiger partial charge in [0, 0.05) is 56.4 Å². The van der Waals surface area contributed by atoms with Crippen molar-refractivity contribution in [3.05, 3.63) is 76.7 Å². The van der Waals surface area contributed by atoms with E-state index in [9.17, 15) is 18.0 Å².